The molecule has 0 aliphatic carbocycles. The summed E-state index contributed by atoms with van der Waals surface area (Å²) >= 11 is 3.23. The second-order valence-corrected chi connectivity index (χ2v) is 4.32. The quantitative estimate of drug-likeness (QED) is 0.644. The number of carbonyl (C=O) groups excluding carboxylic acids is 2. The van der Waals surface area contributed by atoms with Gasteiger partial charge in [-0.25, -0.2) is 9.48 Å². The first-order valence-corrected chi connectivity index (χ1v) is 5.84. The number of esters is 1. The van der Waals surface area contributed by atoms with Crippen LogP contribution in [0, 0.1) is 0 Å². The van der Waals surface area contributed by atoms with Crippen molar-refractivity contribution in [3.05, 3.63) is 46.2 Å². The van der Waals surface area contributed by atoms with Gasteiger partial charge in [-0.15, -0.1) is 0 Å². The SMILES string of the molecule is COC(=O)c1ccc(-n2cc(Br)c(C=O)n2)cc1. The van der Waals surface area contributed by atoms with Gasteiger partial charge in [-0.2, -0.15) is 5.10 Å². The first-order valence-electron chi connectivity index (χ1n) is 5.05. The first kappa shape index (κ1) is 12.5. The van der Waals surface area contributed by atoms with Gasteiger partial charge in [-0.3, -0.25) is 4.79 Å². The van der Waals surface area contributed by atoms with Crippen LogP contribution in [0.25, 0.3) is 5.69 Å². The number of methoxy groups -OCH3 is 1. The molecule has 0 saturated carbocycles. The van der Waals surface area contributed by atoms with Crippen LogP contribution in [0.2, 0.25) is 0 Å². The van der Waals surface area contributed by atoms with Gasteiger partial charge >= 0.3 is 5.97 Å². The fourth-order valence-electron chi connectivity index (χ4n) is 1.45. The third-order valence-corrected chi connectivity index (χ3v) is 2.97. The number of hydrogen-bond donors (Lipinski definition) is 0. The maximum atomic E-state index is 11.3. The largest absolute Gasteiger partial charge is 0.465 e. The lowest BCUT2D eigenvalue weighted by molar-refractivity contribution is 0.0600. The molecule has 0 radical (unpaired) electrons. The van der Waals surface area contributed by atoms with Crippen molar-refractivity contribution in [3.63, 3.8) is 0 Å². The summed E-state index contributed by atoms with van der Waals surface area (Å²) in [4.78, 5) is 22.0. The smallest absolute Gasteiger partial charge is 0.337 e. The molecule has 1 aromatic heterocycles. The Labute approximate surface area is 111 Å². The molecule has 92 valence electrons. The fourth-order valence-corrected chi connectivity index (χ4v) is 1.81. The van der Waals surface area contributed by atoms with Crippen molar-refractivity contribution in [1.29, 1.82) is 0 Å². The highest BCUT2D eigenvalue weighted by Gasteiger charge is 2.08. The number of rotatable bonds is 3. The van der Waals surface area contributed by atoms with Crippen molar-refractivity contribution in [2.75, 3.05) is 7.11 Å². The van der Waals surface area contributed by atoms with E-state index in [-0.39, 0.29) is 0 Å². The summed E-state index contributed by atoms with van der Waals surface area (Å²) < 4.78 is 6.78. The van der Waals surface area contributed by atoms with Gasteiger partial charge in [0.25, 0.3) is 0 Å². The van der Waals surface area contributed by atoms with Crippen molar-refractivity contribution in [2.45, 2.75) is 0 Å². The lowest BCUT2D eigenvalue weighted by Crippen LogP contribution is -2.02. The van der Waals surface area contributed by atoms with Gasteiger partial charge in [-0.05, 0) is 40.2 Å². The van der Waals surface area contributed by atoms with E-state index in [1.807, 2.05) is 0 Å². The molecule has 0 aliphatic rings. The lowest BCUT2D eigenvalue weighted by atomic mass is 10.2. The molecule has 2 aromatic rings. The van der Waals surface area contributed by atoms with Crippen LogP contribution in [-0.2, 0) is 4.74 Å². The van der Waals surface area contributed by atoms with E-state index in [0.29, 0.717) is 22.0 Å². The lowest BCUT2D eigenvalue weighted by Gasteiger charge is -2.02. The van der Waals surface area contributed by atoms with E-state index in [1.54, 1.807) is 35.1 Å². The van der Waals surface area contributed by atoms with Crippen LogP contribution in [0.1, 0.15) is 20.8 Å². The molecular weight excluding hydrogens is 300 g/mol. The summed E-state index contributed by atoms with van der Waals surface area (Å²) in [6.07, 6.45) is 2.35. The predicted octanol–water partition coefficient (Wildman–Crippen LogP) is 2.23. The molecule has 0 aliphatic heterocycles. The number of aromatic nitrogens is 2. The summed E-state index contributed by atoms with van der Waals surface area (Å²) in [7, 11) is 1.33. The average molecular weight is 309 g/mol. The molecule has 0 saturated heterocycles. The third kappa shape index (κ3) is 2.33. The Morgan fingerprint density at radius 1 is 1.39 bits per heavy atom. The zero-order valence-corrected chi connectivity index (χ0v) is 11.0. The number of aldehydes is 1. The molecule has 2 rings (SSSR count). The van der Waals surface area contributed by atoms with Gasteiger partial charge in [0.15, 0.2) is 6.29 Å². The van der Waals surface area contributed by atoms with Crippen LogP contribution in [0.4, 0.5) is 0 Å². The fraction of sp³-hybridized carbons (Fsp3) is 0.0833. The van der Waals surface area contributed by atoms with E-state index >= 15 is 0 Å². The van der Waals surface area contributed by atoms with Crippen molar-refractivity contribution >= 4 is 28.2 Å². The van der Waals surface area contributed by atoms with Gasteiger partial charge in [-0.1, -0.05) is 0 Å². The second kappa shape index (κ2) is 5.14. The normalized spacial score (nSPS) is 10.1. The van der Waals surface area contributed by atoms with E-state index in [4.69, 9.17) is 0 Å². The molecule has 1 aromatic carbocycles. The molecule has 5 nitrogen and oxygen atoms in total. The molecule has 0 N–H and O–H groups in total. The zero-order valence-electron chi connectivity index (χ0n) is 9.46. The van der Waals surface area contributed by atoms with Crippen molar-refractivity contribution in [1.82, 2.24) is 9.78 Å². The van der Waals surface area contributed by atoms with Crippen molar-refractivity contribution in [3.8, 4) is 5.69 Å². The Morgan fingerprint density at radius 3 is 2.56 bits per heavy atom. The molecule has 1 heterocycles. The molecular formula is C12H9BrN2O3. The molecule has 18 heavy (non-hydrogen) atoms. The Balaban J connectivity index is 2.33. The molecule has 0 unspecified atom stereocenters. The standard InChI is InChI=1S/C12H9BrN2O3/c1-18-12(17)8-2-4-9(5-3-8)15-6-10(13)11(7-16)14-15/h2-7H,1H3. The minimum atomic E-state index is -0.392. The monoisotopic (exact) mass is 308 g/mol. The van der Waals surface area contributed by atoms with Gasteiger partial charge in [0, 0.05) is 6.20 Å². The number of carbonyl (C=O) groups is 2. The maximum Gasteiger partial charge on any atom is 0.337 e. The Morgan fingerprint density at radius 2 is 2.06 bits per heavy atom. The minimum absolute atomic E-state index is 0.326. The van der Waals surface area contributed by atoms with Crippen LogP contribution in [0.3, 0.4) is 0 Å². The van der Waals surface area contributed by atoms with E-state index in [9.17, 15) is 9.59 Å². The highest BCUT2D eigenvalue weighted by atomic mass is 79.9. The topological polar surface area (TPSA) is 61.2 Å². The molecule has 0 bridgehead atoms. The molecule has 0 atom stereocenters. The first-order chi connectivity index (χ1) is 8.65. The maximum absolute atomic E-state index is 11.3. The van der Waals surface area contributed by atoms with E-state index in [2.05, 4.69) is 25.8 Å². The zero-order chi connectivity index (χ0) is 13.1. The Bertz CT molecular complexity index is 590. The minimum Gasteiger partial charge on any atom is -0.465 e. The summed E-state index contributed by atoms with van der Waals surface area (Å²) in [6.45, 7) is 0. The summed E-state index contributed by atoms with van der Waals surface area (Å²) in [6, 6.07) is 6.72. The molecule has 0 amide bonds. The number of halogens is 1. The number of hydrogen-bond acceptors (Lipinski definition) is 4. The predicted molar refractivity (Wildman–Crippen MR) is 68.0 cm³/mol. The van der Waals surface area contributed by atoms with Crippen LogP contribution in [0.15, 0.2) is 34.9 Å². The highest BCUT2D eigenvalue weighted by molar-refractivity contribution is 9.10. The number of benzene rings is 1. The third-order valence-electron chi connectivity index (χ3n) is 2.36. The second-order valence-electron chi connectivity index (χ2n) is 3.46. The van der Waals surface area contributed by atoms with Crippen LogP contribution < -0.4 is 0 Å². The van der Waals surface area contributed by atoms with Crippen LogP contribution in [-0.4, -0.2) is 29.1 Å². The van der Waals surface area contributed by atoms with Crippen molar-refractivity contribution in [2.24, 2.45) is 0 Å². The van der Waals surface area contributed by atoms with Crippen LogP contribution >= 0.6 is 15.9 Å². The summed E-state index contributed by atoms with van der Waals surface area (Å²) in [5.41, 5.74) is 1.53. The molecule has 0 spiro atoms. The molecule has 6 heteroatoms. The molecule has 0 fully saturated rings. The summed E-state index contributed by atoms with van der Waals surface area (Å²) in [5.74, 6) is -0.392. The van der Waals surface area contributed by atoms with E-state index in [1.165, 1.54) is 7.11 Å². The number of ether oxygens (including phenoxy) is 1. The van der Waals surface area contributed by atoms with Gasteiger partial charge in [0.2, 0.25) is 0 Å². The average Bonchev–Trinajstić information content (AvgIpc) is 2.79. The van der Waals surface area contributed by atoms with Crippen LogP contribution in [0.5, 0.6) is 0 Å². The van der Waals surface area contributed by atoms with Gasteiger partial charge < -0.3 is 4.74 Å². The summed E-state index contributed by atoms with van der Waals surface area (Å²) in [5, 5.41) is 4.08. The van der Waals surface area contributed by atoms with Crippen molar-refractivity contribution < 1.29 is 14.3 Å². The highest BCUT2D eigenvalue weighted by Crippen LogP contribution is 2.17. The number of nitrogens with zero attached hydrogens (tertiary/aromatic N) is 2. The Kier molecular flexibility index (Phi) is 3.57. The van der Waals surface area contributed by atoms with Gasteiger partial charge in [0.1, 0.15) is 5.69 Å². The van der Waals surface area contributed by atoms with E-state index in [0.717, 1.165) is 5.69 Å². The van der Waals surface area contributed by atoms with E-state index < -0.39 is 5.97 Å². The van der Waals surface area contributed by atoms with Gasteiger partial charge in [0.05, 0.1) is 22.8 Å². The Hall–Kier alpha value is -1.95.